The van der Waals surface area contributed by atoms with Crippen molar-refractivity contribution >= 4 is 35.6 Å². The maximum absolute atomic E-state index is 13.4. The smallest absolute Gasteiger partial charge is 0.353 e. The first kappa shape index (κ1) is 27.2. The maximum Gasteiger partial charge on any atom is 0.397 e. The van der Waals surface area contributed by atoms with Crippen molar-refractivity contribution < 1.29 is 36.8 Å². The van der Waals surface area contributed by atoms with E-state index in [0.29, 0.717) is 24.3 Å². The van der Waals surface area contributed by atoms with Crippen LogP contribution in [0.2, 0.25) is 5.02 Å². The molecule has 1 unspecified atom stereocenters. The second kappa shape index (κ2) is 11.6. The van der Waals surface area contributed by atoms with Crippen molar-refractivity contribution in [3.63, 3.8) is 0 Å². The molecule has 3 N–H and O–H groups in total. The number of amides is 4. The van der Waals surface area contributed by atoms with Crippen LogP contribution >= 0.6 is 11.6 Å². The summed E-state index contributed by atoms with van der Waals surface area (Å²) in [5, 5.41) is 9.16. The average Bonchev–Trinajstić information content (AvgIpc) is 3.11. The minimum Gasteiger partial charge on any atom is -0.353 e. The molecule has 1 aromatic heterocycles. The van der Waals surface area contributed by atoms with Crippen molar-refractivity contribution in [2.45, 2.75) is 45.1 Å². The van der Waals surface area contributed by atoms with Crippen LogP contribution in [0.5, 0.6) is 0 Å². The molecule has 0 bridgehead atoms. The third-order valence-corrected chi connectivity index (χ3v) is 5.68. The number of nitrogens with zero attached hydrogens (tertiary/aromatic N) is 3. The largest absolute Gasteiger partial charge is 0.397 e. The number of urea groups is 1. The molecule has 0 saturated carbocycles. The molecule has 1 atom stereocenters. The summed E-state index contributed by atoms with van der Waals surface area (Å²) in [6, 6.07) is 3.41. The van der Waals surface area contributed by atoms with Gasteiger partial charge in [-0.2, -0.15) is 18.3 Å². The van der Waals surface area contributed by atoms with E-state index in [-0.39, 0.29) is 31.1 Å². The van der Waals surface area contributed by atoms with Crippen LogP contribution < -0.4 is 16.1 Å². The molecule has 1 aliphatic rings. The monoisotopic (exact) mass is 534 g/mol. The van der Waals surface area contributed by atoms with E-state index in [1.807, 2.05) is 5.48 Å². The van der Waals surface area contributed by atoms with Crippen molar-refractivity contribution in [1.82, 2.24) is 25.5 Å². The van der Waals surface area contributed by atoms with E-state index in [2.05, 4.69) is 15.7 Å². The first-order valence-corrected chi connectivity index (χ1v) is 11.1. The van der Waals surface area contributed by atoms with Crippen LogP contribution in [-0.4, -0.2) is 58.4 Å². The fourth-order valence-corrected chi connectivity index (χ4v) is 3.80. The summed E-state index contributed by atoms with van der Waals surface area (Å²) in [6.07, 6.45) is -6.54. The van der Waals surface area contributed by atoms with Gasteiger partial charge in [-0.1, -0.05) is 11.6 Å². The Labute approximate surface area is 207 Å². The third kappa shape index (κ3) is 7.31. The van der Waals surface area contributed by atoms with Crippen LogP contribution in [0.1, 0.15) is 23.4 Å². The van der Waals surface area contributed by atoms with E-state index in [0.717, 1.165) is 17.3 Å². The summed E-state index contributed by atoms with van der Waals surface area (Å²) in [7, 11) is 0. The van der Waals surface area contributed by atoms with E-state index < -0.39 is 36.5 Å². The lowest BCUT2D eigenvalue weighted by atomic mass is 10.1. The maximum atomic E-state index is 13.4. The molecule has 0 saturated heterocycles. The van der Waals surface area contributed by atoms with Gasteiger partial charge in [0.25, 0.3) is 0 Å². The predicted molar refractivity (Wildman–Crippen MR) is 119 cm³/mol. The minimum absolute atomic E-state index is 0.00620. The third-order valence-electron chi connectivity index (χ3n) is 5.39. The molecule has 196 valence electrons. The average molecular weight is 535 g/mol. The fourth-order valence-electron chi connectivity index (χ4n) is 3.62. The van der Waals surface area contributed by atoms with E-state index in [1.165, 1.54) is 17.0 Å². The van der Waals surface area contributed by atoms with Crippen molar-refractivity contribution in [3.05, 3.63) is 46.0 Å². The Morgan fingerprint density at radius 1 is 1.33 bits per heavy atom. The van der Waals surface area contributed by atoms with Gasteiger partial charge in [0.05, 0.1) is 23.8 Å². The number of nitrogens with one attached hydrogen (secondary N) is 3. The molecule has 3 rings (SSSR count). The van der Waals surface area contributed by atoms with Gasteiger partial charge in [0.15, 0.2) is 0 Å². The fraction of sp³-hybridized carbons (Fsp3) is 0.429. The molecule has 4 amide bonds. The molecule has 1 aromatic carbocycles. The van der Waals surface area contributed by atoms with E-state index in [1.54, 1.807) is 11.6 Å². The van der Waals surface area contributed by atoms with Gasteiger partial charge in [-0.3, -0.25) is 19.1 Å². The molecule has 2 heterocycles. The molecule has 10 nitrogen and oxygen atoms in total. The Bertz CT molecular complexity index is 1130. The minimum atomic E-state index is -4.65. The van der Waals surface area contributed by atoms with Crippen molar-refractivity contribution in [2.24, 2.45) is 0 Å². The number of carbonyl (C=O) groups is 3. The zero-order valence-corrected chi connectivity index (χ0v) is 19.7. The number of halogens is 5. The second-order valence-corrected chi connectivity index (χ2v) is 8.40. The molecule has 36 heavy (non-hydrogen) atoms. The standard InChI is InChI=1S/C21H23ClF4N6O4/c1-12-15-10-31(20(35)29-13-2-3-17(23)16(22)6-13)5-4-18(15)30-32(12)9-14(36-28-11-33)8-27-19(34)7-21(24,25)26/h2-3,6,11,14H,4-5,7-10H2,1H3,(H,27,34)(H,28,33)(H,29,35). The Balaban J connectivity index is 1.65. The van der Waals surface area contributed by atoms with Crippen molar-refractivity contribution in [2.75, 3.05) is 18.4 Å². The van der Waals surface area contributed by atoms with E-state index in [9.17, 15) is 31.9 Å². The number of benzene rings is 1. The number of rotatable bonds is 9. The topological polar surface area (TPSA) is 118 Å². The Morgan fingerprint density at radius 3 is 2.75 bits per heavy atom. The molecule has 0 spiro atoms. The lowest BCUT2D eigenvalue weighted by Gasteiger charge is -2.27. The number of hydrogen-bond donors (Lipinski definition) is 3. The van der Waals surface area contributed by atoms with Gasteiger partial charge in [0.2, 0.25) is 12.3 Å². The molecule has 0 radical (unpaired) electrons. The van der Waals surface area contributed by atoms with E-state index >= 15 is 0 Å². The SMILES string of the molecule is Cc1c2c(nn1CC(CNC(=O)CC(F)(F)F)ONC=O)CCN(C(=O)Nc1ccc(F)c(Cl)c1)C2. The van der Waals surface area contributed by atoms with Crippen LogP contribution in [0.25, 0.3) is 0 Å². The van der Waals surface area contributed by atoms with Crippen molar-refractivity contribution in [1.29, 1.82) is 0 Å². The van der Waals surface area contributed by atoms with Gasteiger partial charge in [-0.25, -0.2) is 14.7 Å². The van der Waals surface area contributed by atoms with Gasteiger partial charge >= 0.3 is 12.2 Å². The summed E-state index contributed by atoms with van der Waals surface area (Å²) >= 11 is 5.76. The van der Waals surface area contributed by atoms with Crippen LogP contribution in [0.4, 0.5) is 28.0 Å². The number of alkyl halides is 3. The Kier molecular flexibility index (Phi) is 8.74. The van der Waals surface area contributed by atoms with Gasteiger partial charge in [0, 0.05) is 36.5 Å². The van der Waals surface area contributed by atoms with Gasteiger partial charge < -0.3 is 15.5 Å². The highest BCUT2D eigenvalue weighted by Crippen LogP contribution is 2.24. The van der Waals surface area contributed by atoms with Gasteiger partial charge in [0.1, 0.15) is 18.3 Å². The van der Waals surface area contributed by atoms with Crippen LogP contribution in [0.3, 0.4) is 0 Å². The first-order chi connectivity index (χ1) is 17.0. The molecule has 0 fully saturated rings. The quantitative estimate of drug-likeness (QED) is 0.260. The zero-order valence-electron chi connectivity index (χ0n) is 19.0. The molecule has 1 aliphatic heterocycles. The van der Waals surface area contributed by atoms with Crippen LogP contribution in [-0.2, 0) is 33.9 Å². The number of hydroxylamine groups is 1. The lowest BCUT2D eigenvalue weighted by Crippen LogP contribution is -2.40. The van der Waals surface area contributed by atoms with E-state index in [4.69, 9.17) is 16.4 Å². The normalized spacial score (nSPS) is 14.1. The molecule has 0 aliphatic carbocycles. The lowest BCUT2D eigenvalue weighted by molar-refractivity contribution is -0.154. The Morgan fingerprint density at radius 2 is 2.08 bits per heavy atom. The highest BCUT2D eigenvalue weighted by molar-refractivity contribution is 6.31. The number of fused-ring (bicyclic) bond motifs is 1. The van der Waals surface area contributed by atoms with Crippen LogP contribution in [0.15, 0.2) is 18.2 Å². The highest BCUT2D eigenvalue weighted by atomic mass is 35.5. The number of aromatic nitrogens is 2. The summed E-state index contributed by atoms with van der Waals surface area (Å²) < 4.78 is 52.1. The molecule has 15 heteroatoms. The van der Waals surface area contributed by atoms with Gasteiger partial charge in [-0.15, -0.1) is 0 Å². The predicted octanol–water partition coefficient (Wildman–Crippen LogP) is 2.69. The first-order valence-electron chi connectivity index (χ1n) is 10.7. The Hall–Kier alpha value is -3.39. The molecule has 2 aromatic rings. The van der Waals surface area contributed by atoms with Gasteiger partial charge in [-0.05, 0) is 25.1 Å². The zero-order chi connectivity index (χ0) is 26.5. The molecular formula is C21H23ClF4N6O4. The van der Waals surface area contributed by atoms with Crippen molar-refractivity contribution in [3.8, 4) is 0 Å². The number of hydrogen-bond acceptors (Lipinski definition) is 5. The summed E-state index contributed by atoms with van der Waals surface area (Å²) in [5.41, 5.74) is 4.49. The molecular weight excluding hydrogens is 512 g/mol. The number of anilines is 1. The summed E-state index contributed by atoms with van der Waals surface area (Å²) in [5.74, 6) is -1.84. The number of carbonyl (C=O) groups excluding carboxylic acids is 3. The summed E-state index contributed by atoms with van der Waals surface area (Å²) in [4.78, 5) is 41.5. The highest BCUT2D eigenvalue weighted by Gasteiger charge is 2.32. The van der Waals surface area contributed by atoms with Crippen LogP contribution in [0, 0.1) is 12.7 Å². The second-order valence-electron chi connectivity index (χ2n) is 7.99. The summed E-state index contributed by atoms with van der Waals surface area (Å²) in [6.45, 7) is 2.02.